The van der Waals surface area contributed by atoms with E-state index in [-0.39, 0.29) is 0 Å². The monoisotopic (exact) mass is 225 g/mol. The summed E-state index contributed by atoms with van der Waals surface area (Å²) in [6.45, 7) is 0.778. The molecule has 1 fully saturated rings. The maximum Gasteiger partial charge on any atom is 0.0813 e. The van der Waals surface area contributed by atoms with Crippen LogP contribution in [-0.2, 0) is 11.3 Å². The maximum absolute atomic E-state index is 5.98. The lowest BCUT2D eigenvalue weighted by Crippen LogP contribution is -2.41. The average molecular weight is 225 g/mol. The van der Waals surface area contributed by atoms with E-state index in [0.29, 0.717) is 12.1 Å². The van der Waals surface area contributed by atoms with Gasteiger partial charge in [0, 0.05) is 10.9 Å². The third-order valence-corrected chi connectivity index (χ3v) is 3.94. The van der Waals surface area contributed by atoms with Gasteiger partial charge < -0.3 is 10.1 Å². The summed E-state index contributed by atoms with van der Waals surface area (Å²) in [6.07, 6.45) is 5.52. The molecule has 1 heterocycles. The van der Waals surface area contributed by atoms with Crippen LogP contribution < -0.4 is 5.32 Å². The van der Waals surface area contributed by atoms with Gasteiger partial charge in [0.2, 0.25) is 0 Å². The normalized spacial score (nSPS) is 26.7. The van der Waals surface area contributed by atoms with Gasteiger partial charge in [-0.2, -0.15) is 0 Å². The van der Waals surface area contributed by atoms with Gasteiger partial charge in [0.15, 0.2) is 0 Å². The first-order valence-electron chi connectivity index (χ1n) is 5.71. The SMILES string of the molecule is CNC1CCCCC1OCc1cccs1. The highest BCUT2D eigenvalue weighted by atomic mass is 32.1. The van der Waals surface area contributed by atoms with Crippen LogP contribution in [0.25, 0.3) is 0 Å². The zero-order valence-electron chi connectivity index (χ0n) is 9.24. The molecule has 2 unspecified atom stereocenters. The third kappa shape index (κ3) is 3.03. The maximum atomic E-state index is 5.98. The number of hydrogen-bond donors (Lipinski definition) is 1. The van der Waals surface area contributed by atoms with E-state index in [9.17, 15) is 0 Å². The minimum Gasteiger partial charge on any atom is -0.371 e. The van der Waals surface area contributed by atoms with E-state index in [1.165, 1.54) is 30.6 Å². The molecule has 3 heteroatoms. The Morgan fingerprint density at radius 2 is 2.33 bits per heavy atom. The first kappa shape index (κ1) is 11.1. The minimum absolute atomic E-state index is 0.408. The standard InChI is InChI=1S/C12H19NOS/c1-13-11-6-2-3-7-12(11)14-9-10-5-4-8-15-10/h4-5,8,11-13H,2-3,6-7,9H2,1H3. The van der Waals surface area contributed by atoms with Crippen molar-refractivity contribution in [3.63, 3.8) is 0 Å². The predicted octanol–water partition coefficient (Wildman–Crippen LogP) is 2.80. The lowest BCUT2D eigenvalue weighted by Gasteiger charge is -2.31. The second kappa shape index (κ2) is 5.64. The second-order valence-electron chi connectivity index (χ2n) is 4.11. The van der Waals surface area contributed by atoms with Crippen LogP contribution in [0.5, 0.6) is 0 Å². The summed E-state index contributed by atoms with van der Waals surface area (Å²) >= 11 is 1.77. The van der Waals surface area contributed by atoms with Crippen molar-refractivity contribution in [1.29, 1.82) is 0 Å². The largest absolute Gasteiger partial charge is 0.371 e. The molecule has 0 radical (unpaired) electrons. The smallest absolute Gasteiger partial charge is 0.0813 e. The van der Waals surface area contributed by atoms with Gasteiger partial charge in [-0.15, -0.1) is 11.3 Å². The van der Waals surface area contributed by atoms with Gasteiger partial charge in [0.25, 0.3) is 0 Å². The van der Waals surface area contributed by atoms with Gasteiger partial charge in [0.05, 0.1) is 12.7 Å². The summed E-state index contributed by atoms with van der Waals surface area (Å²) in [5.74, 6) is 0. The fraction of sp³-hybridized carbons (Fsp3) is 0.667. The molecule has 1 N–H and O–H groups in total. The molecule has 15 heavy (non-hydrogen) atoms. The molecule has 2 rings (SSSR count). The molecule has 0 saturated heterocycles. The van der Waals surface area contributed by atoms with Crippen molar-refractivity contribution in [2.24, 2.45) is 0 Å². The topological polar surface area (TPSA) is 21.3 Å². The summed E-state index contributed by atoms with van der Waals surface area (Å²) in [7, 11) is 2.04. The van der Waals surface area contributed by atoms with Gasteiger partial charge in [-0.25, -0.2) is 0 Å². The van der Waals surface area contributed by atoms with Crippen molar-refractivity contribution in [3.05, 3.63) is 22.4 Å². The Bertz CT molecular complexity index is 273. The third-order valence-electron chi connectivity index (χ3n) is 3.09. The molecular formula is C12H19NOS. The molecule has 1 aliphatic rings. The van der Waals surface area contributed by atoms with Gasteiger partial charge in [-0.3, -0.25) is 0 Å². The Morgan fingerprint density at radius 1 is 1.47 bits per heavy atom. The van der Waals surface area contributed by atoms with Gasteiger partial charge in [0.1, 0.15) is 0 Å². The highest BCUT2D eigenvalue weighted by Gasteiger charge is 2.24. The number of hydrogen-bond acceptors (Lipinski definition) is 3. The summed E-state index contributed by atoms with van der Waals surface area (Å²) in [4.78, 5) is 1.33. The molecule has 0 amide bonds. The summed E-state index contributed by atoms with van der Waals surface area (Å²) < 4.78 is 5.98. The number of likely N-dealkylation sites (N-methyl/N-ethyl adjacent to an activating group) is 1. The van der Waals surface area contributed by atoms with Crippen LogP contribution in [0, 0.1) is 0 Å². The average Bonchev–Trinajstić information content (AvgIpc) is 2.79. The Balaban J connectivity index is 1.81. The van der Waals surface area contributed by atoms with Crippen molar-refractivity contribution in [2.45, 2.75) is 44.4 Å². The molecule has 1 aromatic heterocycles. The first-order valence-corrected chi connectivity index (χ1v) is 6.59. The Morgan fingerprint density at radius 3 is 3.07 bits per heavy atom. The molecule has 0 spiro atoms. The van der Waals surface area contributed by atoms with Crippen molar-refractivity contribution in [2.75, 3.05) is 7.05 Å². The van der Waals surface area contributed by atoms with E-state index in [1.54, 1.807) is 11.3 Å². The van der Waals surface area contributed by atoms with Gasteiger partial charge in [-0.05, 0) is 31.3 Å². The number of nitrogens with one attached hydrogen (secondary N) is 1. The van der Waals surface area contributed by atoms with Gasteiger partial charge >= 0.3 is 0 Å². The number of thiophene rings is 1. The quantitative estimate of drug-likeness (QED) is 0.851. The van der Waals surface area contributed by atoms with Crippen LogP contribution >= 0.6 is 11.3 Å². The number of ether oxygens (including phenoxy) is 1. The lowest BCUT2D eigenvalue weighted by atomic mass is 9.92. The van der Waals surface area contributed by atoms with E-state index >= 15 is 0 Å². The molecule has 2 atom stereocenters. The Labute approximate surface area is 95.6 Å². The van der Waals surface area contributed by atoms with E-state index in [1.807, 2.05) is 7.05 Å². The van der Waals surface area contributed by atoms with E-state index in [4.69, 9.17) is 4.74 Å². The van der Waals surface area contributed by atoms with Crippen LogP contribution in [0.1, 0.15) is 30.6 Å². The highest BCUT2D eigenvalue weighted by molar-refractivity contribution is 7.09. The van der Waals surface area contributed by atoms with Crippen molar-refractivity contribution >= 4 is 11.3 Å². The lowest BCUT2D eigenvalue weighted by molar-refractivity contribution is -0.00241. The molecule has 1 aromatic rings. The van der Waals surface area contributed by atoms with Crippen molar-refractivity contribution < 1.29 is 4.74 Å². The molecule has 1 saturated carbocycles. The molecular weight excluding hydrogens is 206 g/mol. The van der Waals surface area contributed by atoms with Crippen LogP contribution in [0.4, 0.5) is 0 Å². The van der Waals surface area contributed by atoms with Crippen LogP contribution in [0.2, 0.25) is 0 Å². The first-order chi connectivity index (χ1) is 7.40. The summed E-state index contributed by atoms with van der Waals surface area (Å²) in [5, 5.41) is 5.47. The molecule has 0 bridgehead atoms. The Kier molecular flexibility index (Phi) is 4.18. The highest BCUT2D eigenvalue weighted by Crippen LogP contribution is 2.22. The summed E-state index contributed by atoms with van der Waals surface area (Å²) in [6, 6.07) is 4.78. The van der Waals surface area contributed by atoms with Gasteiger partial charge in [-0.1, -0.05) is 18.9 Å². The fourth-order valence-electron chi connectivity index (χ4n) is 2.21. The predicted molar refractivity (Wildman–Crippen MR) is 64.2 cm³/mol. The van der Waals surface area contributed by atoms with Crippen molar-refractivity contribution in [3.8, 4) is 0 Å². The van der Waals surface area contributed by atoms with Crippen molar-refractivity contribution in [1.82, 2.24) is 5.32 Å². The van der Waals surface area contributed by atoms with E-state index in [2.05, 4.69) is 22.8 Å². The fourth-order valence-corrected chi connectivity index (χ4v) is 2.84. The Hall–Kier alpha value is -0.380. The second-order valence-corrected chi connectivity index (χ2v) is 5.14. The van der Waals surface area contributed by atoms with Crippen LogP contribution in [0.15, 0.2) is 17.5 Å². The molecule has 0 aromatic carbocycles. The molecule has 2 nitrogen and oxygen atoms in total. The van der Waals surface area contributed by atoms with E-state index < -0.39 is 0 Å². The zero-order chi connectivity index (χ0) is 10.5. The van der Waals surface area contributed by atoms with Crippen LogP contribution in [-0.4, -0.2) is 19.2 Å². The molecule has 1 aliphatic carbocycles. The van der Waals surface area contributed by atoms with E-state index in [0.717, 1.165) is 6.61 Å². The summed E-state index contributed by atoms with van der Waals surface area (Å²) in [5.41, 5.74) is 0. The molecule has 0 aliphatic heterocycles. The minimum atomic E-state index is 0.408. The molecule has 84 valence electrons. The van der Waals surface area contributed by atoms with Crippen LogP contribution in [0.3, 0.4) is 0 Å². The number of rotatable bonds is 4. The zero-order valence-corrected chi connectivity index (χ0v) is 10.1.